The minimum absolute atomic E-state index is 0.468. The lowest BCUT2D eigenvalue weighted by molar-refractivity contribution is 0.173. The van der Waals surface area contributed by atoms with E-state index in [1.54, 1.807) is 11.5 Å². The predicted octanol–water partition coefficient (Wildman–Crippen LogP) is 3.82. The smallest absolute Gasteiger partial charge is 0.0801 e. The first-order valence-corrected chi connectivity index (χ1v) is 8.49. The van der Waals surface area contributed by atoms with E-state index in [1.165, 1.54) is 29.8 Å². The molecule has 1 fully saturated rings. The molecule has 4 atom stereocenters. The molecule has 0 bridgehead atoms. The van der Waals surface area contributed by atoms with Crippen molar-refractivity contribution in [2.75, 3.05) is 6.54 Å². The minimum atomic E-state index is 0.468. The van der Waals surface area contributed by atoms with Crippen LogP contribution in [-0.2, 0) is 6.42 Å². The largest absolute Gasteiger partial charge is 0.309 e. The summed E-state index contributed by atoms with van der Waals surface area (Å²) in [6.07, 6.45) is 5.03. The third-order valence-electron chi connectivity index (χ3n) is 4.74. The Labute approximate surface area is 121 Å². The molecule has 0 amide bonds. The summed E-state index contributed by atoms with van der Waals surface area (Å²) in [7, 11) is 0. The summed E-state index contributed by atoms with van der Waals surface area (Å²) in [5.74, 6) is 2.47. The van der Waals surface area contributed by atoms with Crippen LogP contribution in [0.5, 0.6) is 0 Å². The average molecular weight is 281 g/mol. The molecule has 2 rings (SSSR count). The van der Waals surface area contributed by atoms with Gasteiger partial charge in [0.05, 0.1) is 10.6 Å². The van der Waals surface area contributed by atoms with Gasteiger partial charge in [0.15, 0.2) is 0 Å². The molecule has 0 spiro atoms. The van der Waals surface area contributed by atoms with Crippen LogP contribution in [0, 0.1) is 17.8 Å². The normalized spacial score (nSPS) is 29.4. The molecule has 1 aliphatic rings. The van der Waals surface area contributed by atoms with Gasteiger partial charge in [-0.05, 0) is 55.1 Å². The van der Waals surface area contributed by atoms with Crippen LogP contribution in [0.15, 0.2) is 0 Å². The van der Waals surface area contributed by atoms with Crippen LogP contribution in [0.4, 0.5) is 0 Å². The zero-order valence-corrected chi connectivity index (χ0v) is 13.5. The number of nitrogens with zero attached hydrogens (tertiary/aromatic N) is 2. The number of hydrogen-bond donors (Lipinski definition) is 1. The van der Waals surface area contributed by atoms with Gasteiger partial charge in [0.2, 0.25) is 0 Å². The van der Waals surface area contributed by atoms with E-state index < -0.39 is 0 Å². The highest BCUT2D eigenvalue weighted by atomic mass is 32.1. The van der Waals surface area contributed by atoms with Gasteiger partial charge >= 0.3 is 0 Å². The van der Waals surface area contributed by atoms with E-state index in [4.69, 9.17) is 0 Å². The Hall–Kier alpha value is -0.480. The topological polar surface area (TPSA) is 37.8 Å². The molecule has 1 aliphatic carbocycles. The van der Waals surface area contributed by atoms with E-state index in [2.05, 4.69) is 42.6 Å². The minimum Gasteiger partial charge on any atom is -0.309 e. The lowest BCUT2D eigenvalue weighted by atomic mass is 9.73. The van der Waals surface area contributed by atoms with Gasteiger partial charge in [0, 0.05) is 6.04 Å². The van der Waals surface area contributed by atoms with Gasteiger partial charge in [0.25, 0.3) is 0 Å². The fourth-order valence-corrected chi connectivity index (χ4v) is 4.19. The third kappa shape index (κ3) is 3.34. The van der Waals surface area contributed by atoms with E-state index in [0.29, 0.717) is 6.04 Å². The summed E-state index contributed by atoms with van der Waals surface area (Å²) in [4.78, 5) is 1.39. The number of aromatic nitrogens is 2. The third-order valence-corrected chi connectivity index (χ3v) is 5.59. The first kappa shape index (κ1) is 14.9. The first-order valence-electron chi connectivity index (χ1n) is 7.71. The van der Waals surface area contributed by atoms with Gasteiger partial charge in [-0.15, -0.1) is 5.10 Å². The zero-order valence-electron chi connectivity index (χ0n) is 12.6. The molecule has 1 aromatic heterocycles. The number of aryl methyl sites for hydroxylation is 1. The van der Waals surface area contributed by atoms with Gasteiger partial charge in [-0.2, -0.15) is 0 Å². The molecule has 3 nitrogen and oxygen atoms in total. The van der Waals surface area contributed by atoms with Gasteiger partial charge in [-0.1, -0.05) is 38.6 Å². The first-order chi connectivity index (χ1) is 9.17. The van der Waals surface area contributed by atoms with Gasteiger partial charge in [-0.3, -0.25) is 0 Å². The Kier molecular flexibility index (Phi) is 5.34. The van der Waals surface area contributed by atoms with Crippen molar-refractivity contribution in [1.29, 1.82) is 0 Å². The SMILES string of the molecule is CCNC(c1snnc1CC)C1CCC(C)C(C)C1. The zero-order chi connectivity index (χ0) is 13.8. The molecule has 1 N–H and O–H groups in total. The van der Waals surface area contributed by atoms with Gasteiger partial charge in [-0.25, -0.2) is 0 Å². The van der Waals surface area contributed by atoms with Crippen molar-refractivity contribution in [2.24, 2.45) is 17.8 Å². The van der Waals surface area contributed by atoms with Gasteiger partial charge in [0.1, 0.15) is 0 Å². The number of nitrogens with one attached hydrogen (secondary N) is 1. The Bertz CT molecular complexity index is 390. The molecule has 108 valence electrons. The summed E-state index contributed by atoms with van der Waals surface area (Å²) in [5.41, 5.74) is 1.20. The molecule has 1 saturated carbocycles. The maximum atomic E-state index is 4.30. The van der Waals surface area contributed by atoms with Crippen LogP contribution in [0.25, 0.3) is 0 Å². The second-order valence-corrected chi connectivity index (χ2v) is 6.79. The van der Waals surface area contributed by atoms with E-state index in [-0.39, 0.29) is 0 Å². The van der Waals surface area contributed by atoms with Crippen LogP contribution in [-0.4, -0.2) is 16.1 Å². The fraction of sp³-hybridized carbons (Fsp3) is 0.867. The lowest BCUT2D eigenvalue weighted by Crippen LogP contribution is -2.33. The maximum Gasteiger partial charge on any atom is 0.0801 e. The molecule has 19 heavy (non-hydrogen) atoms. The van der Waals surface area contributed by atoms with E-state index in [9.17, 15) is 0 Å². The molecule has 0 aliphatic heterocycles. The second-order valence-electron chi connectivity index (χ2n) is 6.00. The average Bonchev–Trinajstić information content (AvgIpc) is 2.87. The van der Waals surface area contributed by atoms with Crippen molar-refractivity contribution in [3.8, 4) is 0 Å². The Morgan fingerprint density at radius 2 is 2.05 bits per heavy atom. The lowest BCUT2D eigenvalue weighted by Gasteiger charge is -2.36. The molecule has 1 aromatic rings. The highest BCUT2D eigenvalue weighted by Crippen LogP contribution is 2.41. The molecule has 4 unspecified atom stereocenters. The van der Waals surface area contributed by atoms with Crippen LogP contribution in [0.2, 0.25) is 0 Å². The molecular formula is C15H27N3S. The van der Waals surface area contributed by atoms with Gasteiger partial charge < -0.3 is 5.32 Å². The summed E-state index contributed by atoms with van der Waals surface area (Å²) in [6.45, 7) is 10.2. The quantitative estimate of drug-likeness (QED) is 0.891. The molecule has 0 saturated heterocycles. The number of hydrogen-bond acceptors (Lipinski definition) is 4. The van der Waals surface area contributed by atoms with E-state index >= 15 is 0 Å². The molecule has 0 aromatic carbocycles. The fourth-order valence-electron chi connectivity index (χ4n) is 3.28. The Balaban J connectivity index is 2.16. The predicted molar refractivity (Wildman–Crippen MR) is 81.4 cm³/mol. The second kappa shape index (κ2) is 6.80. The highest BCUT2D eigenvalue weighted by Gasteiger charge is 2.32. The highest BCUT2D eigenvalue weighted by molar-refractivity contribution is 7.05. The molecule has 4 heteroatoms. The van der Waals surface area contributed by atoms with Crippen LogP contribution < -0.4 is 5.32 Å². The van der Waals surface area contributed by atoms with Crippen LogP contribution >= 0.6 is 11.5 Å². The van der Waals surface area contributed by atoms with Crippen LogP contribution in [0.1, 0.15) is 63.6 Å². The van der Waals surface area contributed by atoms with Crippen molar-refractivity contribution in [1.82, 2.24) is 14.9 Å². The van der Waals surface area contributed by atoms with Crippen molar-refractivity contribution >= 4 is 11.5 Å². The Morgan fingerprint density at radius 1 is 1.26 bits per heavy atom. The Morgan fingerprint density at radius 3 is 2.68 bits per heavy atom. The van der Waals surface area contributed by atoms with Crippen molar-refractivity contribution in [2.45, 2.75) is 59.4 Å². The van der Waals surface area contributed by atoms with Crippen molar-refractivity contribution in [3.63, 3.8) is 0 Å². The van der Waals surface area contributed by atoms with Crippen molar-refractivity contribution in [3.05, 3.63) is 10.6 Å². The van der Waals surface area contributed by atoms with E-state index in [1.807, 2.05) is 0 Å². The summed E-state index contributed by atoms with van der Waals surface area (Å²) in [6, 6.07) is 0.468. The van der Waals surface area contributed by atoms with E-state index in [0.717, 1.165) is 30.7 Å². The number of rotatable bonds is 5. The standard InChI is InChI=1S/C15H27N3S/c1-5-13-15(19-18-17-13)14(16-6-2)12-8-7-10(3)11(4)9-12/h10-12,14,16H,5-9H2,1-4H3. The summed E-state index contributed by atoms with van der Waals surface area (Å²) >= 11 is 1.59. The monoisotopic (exact) mass is 281 g/mol. The molecule has 1 heterocycles. The molecule has 0 radical (unpaired) electrons. The summed E-state index contributed by atoms with van der Waals surface area (Å²) in [5, 5.41) is 7.99. The molecular weight excluding hydrogens is 254 g/mol. The summed E-state index contributed by atoms with van der Waals surface area (Å²) < 4.78 is 4.18. The van der Waals surface area contributed by atoms with Crippen molar-refractivity contribution < 1.29 is 0 Å². The maximum absolute atomic E-state index is 4.30. The van der Waals surface area contributed by atoms with Crippen LogP contribution in [0.3, 0.4) is 0 Å².